The summed E-state index contributed by atoms with van der Waals surface area (Å²) in [6.07, 6.45) is 5.64. The lowest BCUT2D eigenvalue weighted by atomic mass is 10.0. The number of nitrogens with one attached hydrogen (secondary N) is 2. The molecule has 0 atom stereocenters. The van der Waals surface area contributed by atoms with Crippen molar-refractivity contribution >= 4 is 47.6 Å². The standard InChI is InChI=1S/C16H32N4O2S.HI/c1-5-22-10-8-16(6-7-16)13-19-15(17-9-11-23-4)18-12-14(21)20(2)3;/h5-13H2,1-4H3,(H2,17,18,19);1H. The first kappa shape index (κ1) is 23.8. The maximum Gasteiger partial charge on any atom is 0.243 e. The third-order valence-corrected chi connectivity index (χ3v) is 4.65. The molecule has 6 nitrogen and oxygen atoms in total. The monoisotopic (exact) mass is 472 g/mol. The molecule has 24 heavy (non-hydrogen) atoms. The molecule has 2 N–H and O–H groups in total. The third kappa shape index (κ3) is 9.93. The number of rotatable bonds is 11. The summed E-state index contributed by atoms with van der Waals surface area (Å²) in [5, 5.41) is 6.70. The van der Waals surface area contributed by atoms with Crippen molar-refractivity contribution < 1.29 is 9.53 Å². The molecule has 0 spiro atoms. The number of nitrogens with zero attached hydrogens (tertiary/aromatic N) is 2. The predicted octanol–water partition coefficient (Wildman–Crippen LogP) is 1.80. The Morgan fingerprint density at radius 1 is 1.33 bits per heavy atom. The van der Waals surface area contributed by atoms with E-state index in [9.17, 15) is 4.79 Å². The second-order valence-corrected chi connectivity index (χ2v) is 7.16. The normalized spacial score (nSPS) is 15.4. The maximum atomic E-state index is 11.7. The van der Waals surface area contributed by atoms with E-state index in [1.807, 2.05) is 6.92 Å². The van der Waals surface area contributed by atoms with Crippen LogP contribution in [0.2, 0.25) is 0 Å². The minimum absolute atomic E-state index is 0. The molecule has 1 fully saturated rings. The zero-order chi connectivity index (χ0) is 17.1. The summed E-state index contributed by atoms with van der Waals surface area (Å²) in [6, 6.07) is 0. The molecule has 0 aromatic carbocycles. The zero-order valence-corrected chi connectivity index (χ0v) is 18.5. The summed E-state index contributed by atoms with van der Waals surface area (Å²) in [7, 11) is 3.50. The number of thioether (sulfide) groups is 1. The van der Waals surface area contributed by atoms with E-state index < -0.39 is 0 Å². The van der Waals surface area contributed by atoms with E-state index in [4.69, 9.17) is 4.74 Å². The number of ether oxygens (including phenoxy) is 1. The molecule has 0 aliphatic heterocycles. The van der Waals surface area contributed by atoms with E-state index in [0.717, 1.165) is 44.4 Å². The van der Waals surface area contributed by atoms with Gasteiger partial charge in [0.15, 0.2) is 5.96 Å². The number of guanidine groups is 1. The summed E-state index contributed by atoms with van der Waals surface area (Å²) in [6.45, 7) is 5.53. The minimum atomic E-state index is 0. The van der Waals surface area contributed by atoms with Gasteiger partial charge < -0.3 is 20.3 Å². The Bertz CT molecular complexity index is 390. The van der Waals surface area contributed by atoms with Gasteiger partial charge in [0, 0.05) is 46.2 Å². The van der Waals surface area contributed by atoms with Crippen LogP contribution in [-0.4, -0.2) is 75.7 Å². The highest BCUT2D eigenvalue weighted by atomic mass is 127. The smallest absolute Gasteiger partial charge is 0.243 e. The van der Waals surface area contributed by atoms with Crippen LogP contribution in [-0.2, 0) is 9.53 Å². The number of hydrogen-bond acceptors (Lipinski definition) is 4. The molecule has 0 unspecified atom stereocenters. The Hall–Kier alpha value is -0.220. The van der Waals surface area contributed by atoms with Gasteiger partial charge in [-0.1, -0.05) is 0 Å². The van der Waals surface area contributed by atoms with E-state index in [1.165, 1.54) is 12.8 Å². The molecule has 1 amide bonds. The van der Waals surface area contributed by atoms with Gasteiger partial charge in [0.2, 0.25) is 5.91 Å². The number of carbonyl (C=O) groups excluding carboxylic acids is 1. The quantitative estimate of drug-likeness (QED) is 0.208. The van der Waals surface area contributed by atoms with Gasteiger partial charge >= 0.3 is 0 Å². The van der Waals surface area contributed by atoms with Crippen molar-refractivity contribution in [3.63, 3.8) is 0 Å². The Labute approximate surface area is 168 Å². The molecule has 1 aliphatic rings. The van der Waals surface area contributed by atoms with Crippen molar-refractivity contribution in [2.45, 2.75) is 26.2 Å². The van der Waals surface area contributed by atoms with Crippen LogP contribution < -0.4 is 10.6 Å². The Morgan fingerprint density at radius 3 is 2.58 bits per heavy atom. The van der Waals surface area contributed by atoms with Crippen LogP contribution in [0.15, 0.2) is 4.99 Å². The lowest BCUT2D eigenvalue weighted by Gasteiger charge is -2.19. The summed E-state index contributed by atoms with van der Waals surface area (Å²) < 4.78 is 5.47. The molecule has 1 saturated carbocycles. The van der Waals surface area contributed by atoms with Gasteiger partial charge in [-0.2, -0.15) is 11.8 Å². The molecular weight excluding hydrogens is 439 g/mol. The lowest BCUT2D eigenvalue weighted by Crippen LogP contribution is -2.42. The SMILES string of the molecule is CCOCCC1(CNC(=NCC(=O)N(C)C)NCCSC)CC1.I. The van der Waals surface area contributed by atoms with Crippen molar-refractivity contribution in [1.82, 2.24) is 15.5 Å². The van der Waals surface area contributed by atoms with Crippen LogP contribution in [0, 0.1) is 5.41 Å². The van der Waals surface area contributed by atoms with Crippen molar-refractivity contribution in [2.75, 3.05) is 59.0 Å². The van der Waals surface area contributed by atoms with E-state index in [-0.39, 0.29) is 36.4 Å². The summed E-state index contributed by atoms with van der Waals surface area (Å²) in [5.41, 5.74) is 0.350. The maximum absolute atomic E-state index is 11.7. The first-order valence-electron chi connectivity index (χ1n) is 8.32. The fraction of sp³-hybridized carbons (Fsp3) is 0.875. The van der Waals surface area contributed by atoms with Gasteiger partial charge in [-0.3, -0.25) is 4.79 Å². The van der Waals surface area contributed by atoms with Crippen LogP contribution in [0.1, 0.15) is 26.2 Å². The van der Waals surface area contributed by atoms with Gasteiger partial charge in [0.05, 0.1) is 0 Å². The van der Waals surface area contributed by atoms with Gasteiger partial charge in [0.1, 0.15) is 6.54 Å². The fourth-order valence-corrected chi connectivity index (χ4v) is 2.44. The van der Waals surface area contributed by atoms with Gasteiger partial charge in [-0.05, 0) is 37.9 Å². The van der Waals surface area contributed by atoms with Crippen LogP contribution in [0.3, 0.4) is 0 Å². The number of likely N-dealkylation sites (N-methyl/N-ethyl adjacent to an activating group) is 1. The fourth-order valence-electron chi connectivity index (χ4n) is 2.13. The highest BCUT2D eigenvalue weighted by molar-refractivity contribution is 14.0. The molecule has 0 saturated heterocycles. The van der Waals surface area contributed by atoms with Crippen LogP contribution in [0.5, 0.6) is 0 Å². The summed E-state index contributed by atoms with van der Waals surface area (Å²) >= 11 is 1.79. The molecule has 142 valence electrons. The number of carbonyl (C=O) groups is 1. The average molecular weight is 472 g/mol. The molecule has 0 radical (unpaired) electrons. The molecule has 0 aromatic rings. The molecule has 1 rings (SSSR count). The number of halogens is 1. The highest BCUT2D eigenvalue weighted by Crippen LogP contribution is 2.48. The largest absolute Gasteiger partial charge is 0.382 e. The Kier molecular flexibility index (Phi) is 12.9. The second kappa shape index (κ2) is 13.0. The van der Waals surface area contributed by atoms with Gasteiger partial charge in [-0.25, -0.2) is 4.99 Å². The highest BCUT2D eigenvalue weighted by Gasteiger charge is 2.41. The number of amides is 1. The topological polar surface area (TPSA) is 66.0 Å². The molecular formula is C16H33IN4O2S. The van der Waals surface area contributed by atoms with Crippen molar-refractivity contribution in [3.05, 3.63) is 0 Å². The minimum Gasteiger partial charge on any atom is -0.382 e. The first-order valence-corrected chi connectivity index (χ1v) is 9.71. The lowest BCUT2D eigenvalue weighted by molar-refractivity contribution is -0.127. The summed E-state index contributed by atoms with van der Waals surface area (Å²) in [4.78, 5) is 17.7. The van der Waals surface area contributed by atoms with E-state index >= 15 is 0 Å². The molecule has 0 aromatic heterocycles. The Balaban J connectivity index is 0.00000529. The van der Waals surface area contributed by atoms with Crippen LogP contribution in [0.4, 0.5) is 0 Å². The van der Waals surface area contributed by atoms with E-state index in [2.05, 4.69) is 21.9 Å². The molecule has 0 bridgehead atoms. The molecule has 0 heterocycles. The molecule has 1 aliphatic carbocycles. The van der Waals surface area contributed by atoms with Gasteiger partial charge in [-0.15, -0.1) is 24.0 Å². The van der Waals surface area contributed by atoms with E-state index in [0.29, 0.717) is 5.41 Å². The van der Waals surface area contributed by atoms with Gasteiger partial charge in [0.25, 0.3) is 0 Å². The zero-order valence-electron chi connectivity index (χ0n) is 15.4. The van der Waals surface area contributed by atoms with Crippen LogP contribution in [0.25, 0.3) is 0 Å². The van der Waals surface area contributed by atoms with Crippen molar-refractivity contribution in [3.8, 4) is 0 Å². The van der Waals surface area contributed by atoms with Crippen LogP contribution >= 0.6 is 35.7 Å². The number of hydrogen-bond donors (Lipinski definition) is 2. The number of aliphatic imine (C=N–C) groups is 1. The molecule has 8 heteroatoms. The summed E-state index contributed by atoms with van der Waals surface area (Å²) in [5.74, 6) is 1.75. The van der Waals surface area contributed by atoms with Crippen molar-refractivity contribution in [1.29, 1.82) is 0 Å². The third-order valence-electron chi connectivity index (χ3n) is 4.04. The first-order chi connectivity index (χ1) is 11.0. The second-order valence-electron chi connectivity index (χ2n) is 6.17. The average Bonchev–Trinajstić information content (AvgIpc) is 3.29. The predicted molar refractivity (Wildman–Crippen MR) is 114 cm³/mol. The Morgan fingerprint density at radius 2 is 2.04 bits per heavy atom. The van der Waals surface area contributed by atoms with E-state index in [1.54, 1.807) is 30.8 Å². The van der Waals surface area contributed by atoms with Crippen molar-refractivity contribution in [2.24, 2.45) is 10.4 Å².